The van der Waals surface area contributed by atoms with Crippen LogP contribution < -0.4 is 0 Å². The molecule has 0 saturated heterocycles. The highest BCUT2D eigenvalue weighted by Gasteiger charge is 2.16. The summed E-state index contributed by atoms with van der Waals surface area (Å²) in [5.74, 6) is 0.416. The molecular weight excluding hydrogens is 344 g/mol. The van der Waals surface area contributed by atoms with Crippen molar-refractivity contribution in [1.82, 2.24) is 0 Å². The van der Waals surface area contributed by atoms with Crippen LogP contribution >= 0.6 is 0 Å². The number of hydrogen-bond donors (Lipinski definition) is 0. The lowest BCUT2D eigenvalue weighted by atomic mass is 10.0. The zero-order chi connectivity index (χ0) is 19.9. The van der Waals surface area contributed by atoms with Gasteiger partial charge in [-0.1, -0.05) is 78.4 Å². The maximum atomic E-state index is 11.4. The molecule has 0 atom stereocenters. The third-order valence-corrected chi connectivity index (χ3v) is 4.81. The molecule has 3 aromatic carbocycles. The maximum absolute atomic E-state index is 11.4. The fourth-order valence-electron chi connectivity index (χ4n) is 3.11. The van der Waals surface area contributed by atoms with Gasteiger partial charge in [0.25, 0.3) is 0 Å². The van der Waals surface area contributed by atoms with E-state index in [9.17, 15) is 9.59 Å². The normalized spacial score (nSPS) is 12.0. The average Bonchev–Trinajstić information content (AvgIpc) is 3.55. The van der Waals surface area contributed by atoms with Gasteiger partial charge in [-0.05, 0) is 48.6 Å². The van der Waals surface area contributed by atoms with Crippen LogP contribution in [0.1, 0.15) is 44.1 Å². The first-order valence-corrected chi connectivity index (χ1v) is 9.67. The number of hydrogen-bond acceptors (Lipinski definition) is 2. The van der Waals surface area contributed by atoms with Crippen molar-refractivity contribution >= 4 is 22.3 Å². The van der Waals surface area contributed by atoms with Crippen LogP contribution in [0.2, 0.25) is 0 Å². The quantitative estimate of drug-likeness (QED) is 0.458. The van der Waals surface area contributed by atoms with Crippen molar-refractivity contribution < 1.29 is 12.4 Å². The number of benzene rings is 3. The third-order valence-electron chi connectivity index (χ3n) is 4.81. The Kier molecular flexibility index (Phi) is 6.54. The molecule has 3 aromatic rings. The molecule has 0 fully saturated rings. The number of allylic oxidation sites excluding steroid dienone is 2. The summed E-state index contributed by atoms with van der Waals surface area (Å²) in [5.41, 5.74) is 4.33. The zero-order valence-corrected chi connectivity index (χ0v) is 16.4. The summed E-state index contributed by atoms with van der Waals surface area (Å²) in [6, 6.07) is 22.2. The van der Waals surface area contributed by atoms with Crippen LogP contribution in [0.25, 0.3) is 10.8 Å². The van der Waals surface area contributed by atoms with Crippen molar-refractivity contribution in [3.05, 3.63) is 101 Å². The van der Waals surface area contributed by atoms with Gasteiger partial charge in [0, 0.05) is 21.3 Å². The van der Waals surface area contributed by atoms with E-state index in [0.29, 0.717) is 12.2 Å². The molecule has 0 amide bonds. The highest BCUT2D eigenvalue weighted by Crippen LogP contribution is 2.20. The van der Waals surface area contributed by atoms with E-state index in [2.05, 4.69) is 31.2 Å². The second-order valence-electron chi connectivity index (χ2n) is 7.13. The zero-order valence-electron chi connectivity index (χ0n) is 16.4. The van der Waals surface area contributed by atoms with Crippen molar-refractivity contribution in [2.75, 3.05) is 0 Å². The van der Waals surface area contributed by atoms with Crippen LogP contribution in [-0.4, -0.2) is 11.6 Å². The molecule has 0 aliphatic heterocycles. The van der Waals surface area contributed by atoms with Gasteiger partial charge in [0.2, 0.25) is 0 Å². The highest BCUT2D eigenvalue weighted by atomic mass is 16.1. The van der Waals surface area contributed by atoms with Crippen molar-refractivity contribution in [1.29, 1.82) is 0 Å². The number of Topliss-reactive ketones (excluding diaryl/α,β-unsaturated/α-hetero) is 2. The molecule has 0 heterocycles. The Morgan fingerprint density at radius 1 is 0.893 bits per heavy atom. The van der Waals surface area contributed by atoms with Crippen LogP contribution in [0.15, 0.2) is 78.4 Å². The first-order chi connectivity index (χ1) is 13.5. The molecule has 1 radical (unpaired) electrons. The Labute approximate surface area is 169 Å². The summed E-state index contributed by atoms with van der Waals surface area (Å²) in [6.45, 7) is 3.69. The lowest BCUT2D eigenvalue weighted by Crippen LogP contribution is -1.96. The first-order valence-electron chi connectivity index (χ1n) is 9.67. The van der Waals surface area contributed by atoms with E-state index >= 15 is 0 Å². The largest absolute Gasteiger partial charge is 0.295 e. The topological polar surface area (TPSA) is 34.1 Å². The van der Waals surface area contributed by atoms with Gasteiger partial charge in [0.1, 0.15) is 0 Å². The van der Waals surface area contributed by atoms with E-state index in [-0.39, 0.29) is 8.64 Å². The number of ketones is 2. The van der Waals surface area contributed by atoms with Crippen molar-refractivity contribution in [2.24, 2.45) is 0 Å². The minimum Gasteiger partial charge on any atom is -0.295 e. The summed E-state index contributed by atoms with van der Waals surface area (Å²) in [5, 5.41) is 2.16. The molecule has 0 saturated carbocycles. The van der Waals surface area contributed by atoms with E-state index in [0.717, 1.165) is 34.8 Å². The predicted octanol–water partition coefficient (Wildman–Crippen LogP) is 6.57. The minimum atomic E-state index is 0. The number of rotatable bonds is 6. The summed E-state index contributed by atoms with van der Waals surface area (Å²) in [7, 11) is 0. The number of carbonyl (C=O) groups is 2. The molecule has 2 nitrogen and oxygen atoms in total. The summed E-state index contributed by atoms with van der Waals surface area (Å²) >= 11 is 0. The molecular formula is C26H29O2. The predicted molar refractivity (Wildman–Crippen MR) is 120 cm³/mol. The molecule has 28 heavy (non-hydrogen) atoms. The van der Waals surface area contributed by atoms with Gasteiger partial charge < -0.3 is 0 Å². The highest BCUT2D eigenvalue weighted by molar-refractivity contribution is 6.07. The Balaban J connectivity index is 0.000000284. The third kappa shape index (κ3) is 5.50. The molecule has 0 bridgehead atoms. The maximum Gasteiger partial charge on any atom is 0.160 e. The van der Waals surface area contributed by atoms with Crippen LogP contribution in [0.4, 0.5) is 0 Å². The number of aryl methyl sites for hydroxylation is 2. The van der Waals surface area contributed by atoms with Gasteiger partial charge in [-0.25, -0.2) is 0 Å². The van der Waals surface area contributed by atoms with Crippen LogP contribution in [0.5, 0.6) is 0 Å². The molecule has 145 valence electrons. The lowest BCUT2D eigenvalue weighted by molar-refractivity contribution is -0.115. The average molecular weight is 374 g/mol. The van der Waals surface area contributed by atoms with Gasteiger partial charge in [-0.15, -0.1) is 0 Å². The summed E-state index contributed by atoms with van der Waals surface area (Å²) < 4.78 is 0. The van der Waals surface area contributed by atoms with E-state index in [4.69, 9.17) is 0 Å². The van der Waals surface area contributed by atoms with Gasteiger partial charge in [0.05, 0.1) is 0 Å². The van der Waals surface area contributed by atoms with E-state index < -0.39 is 0 Å². The smallest absolute Gasteiger partial charge is 0.160 e. The monoisotopic (exact) mass is 373 g/mol. The molecule has 1 aliphatic carbocycles. The van der Waals surface area contributed by atoms with Crippen LogP contribution in [0, 0.1) is 13.3 Å². The second-order valence-corrected chi connectivity index (χ2v) is 7.13. The SMILES string of the molecule is CC(=O)c1cccc2ccccc12.Cc1ccc(CCCC(=O)C2=C[CH]2)cc1.[HH].[HH]. The van der Waals surface area contributed by atoms with Crippen LogP contribution in [0.3, 0.4) is 0 Å². The summed E-state index contributed by atoms with van der Waals surface area (Å²) in [6.07, 6.45) is 6.39. The molecule has 2 heteroatoms. The Morgan fingerprint density at radius 2 is 1.57 bits per heavy atom. The van der Waals surface area contributed by atoms with E-state index in [1.807, 2.05) is 55.0 Å². The van der Waals surface area contributed by atoms with Gasteiger partial charge in [-0.2, -0.15) is 0 Å². The Bertz CT molecular complexity index is 1020. The van der Waals surface area contributed by atoms with Crippen molar-refractivity contribution in [3.8, 4) is 0 Å². The molecule has 4 rings (SSSR count). The van der Waals surface area contributed by atoms with Crippen molar-refractivity contribution in [2.45, 2.75) is 33.1 Å². The fourth-order valence-corrected chi connectivity index (χ4v) is 3.11. The fraction of sp³-hybridized carbons (Fsp3) is 0.192. The van der Waals surface area contributed by atoms with Gasteiger partial charge in [-0.3, -0.25) is 9.59 Å². The van der Waals surface area contributed by atoms with Gasteiger partial charge >= 0.3 is 0 Å². The molecule has 1 aliphatic rings. The lowest BCUT2D eigenvalue weighted by Gasteiger charge is -2.01. The molecule has 0 N–H and O–H groups in total. The number of carbonyl (C=O) groups excluding carboxylic acids is 2. The van der Waals surface area contributed by atoms with Crippen LogP contribution in [-0.2, 0) is 11.2 Å². The summed E-state index contributed by atoms with van der Waals surface area (Å²) in [4.78, 5) is 22.6. The second kappa shape index (κ2) is 9.27. The first kappa shape index (κ1) is 19.8. The number of fused-ring (bicyclic) bond motifs is 1. The Hall–Kier alpha value is -3.00. The molecule has 0 aromatic heterocycles. The molecule has 0 unspecified atom stereocenters. The minimum absolute atomic E-state index is 0. The Morgan fingerprint density at radius 3 is 2.25 bits per heavy atom. The van der Waals surface area contributed by atoms with Crippen molar-refractivity contribution in [3.63, 3.8) is 0 Å². The standard InChI is InChI=1S/C14H15O.C12H10O.2H2/c1-11-5-7-12(8-6-11)3-2-4-14(15)13-9-10-13;1-9(13)11-8-4-6-10-5-2-3-7-12(10)11;;/h5-10H,2-4H2,1H3;2-8H,1H3;2*1H. The molecule has 0 spiro atoms. The van der Waals surface area contributed by atoms with Gasteiger partial charge in [0.15, 0.2) is 11.6 Å². The van der Waals surface area contributed by atoms with E-state index in [1.54, 1.807) is 6.92 Å². The van der Waals surface area contributed by atoms with E-state index in [1.165, 1.54) is 11.1 Å².